The smallest absolute Gasteiger partial charge is 0.254 e. The van der Waals surface area contributed by atoms with Crippen molar-refractivity contribution in [3.8, 4) is 17.0 Å². The Labute approximate surface area is 244 Å². The third-order valence-corrected chi connectivity index (χ3v) is 10.1. The second kappa shape index (κ2) is 10.6. The van der Waals surface area contributed by atoms with E-state index in [1.807, 2.05) is 60.4 Å². The van der Waals surface area contributed by atoms with Crippen LogP contribution in [0, 0.1) is 13.8 Å². The molecule has 0 N–H and O–H groups in total. The van der Waals surface area contributed by atoms with Gasteiger partial charge in [-0.25, -0.2) is 18.1 Å². The van der Waals surface area contributed by atoms with Gasteiger partial charge in [-0.2, -0.15) is 5.10 Å². The Morgan fingerprint density at radius 1 is 1.05 bits per heavy atom. The normalized spacial score (nSPS) is 18.7. The fraction of sp³-hybridized carbons (Fsp3) is 0.367. The maximum atomic E-state index is 14.2. The minimum atomic E-state index is -3.15. The summed E-state index contributed by atoms with van der Waals surface area (Å²) < 4.78 is 31.8. The lowest BCUT2D eigenvalue weighted by Gasteiger charge is -2.37. The number of hydrogen-bond donors (Lipinski definition) is 0. The number of hydrogen-bond acceptors (Lipinski definition) is 7. The molecule has 2 aromatic carbocycles. The summed E-state index contributed by atoms with van der Waals surface area (Å²) >= 11 is 6.27. The van der Waals surface area contributed by atoms with Gasteiger partial charge < -0.3 is 14.5 Å². The predicted octanol–water partition coefficient (Wildman–Crippen LogP) is 4.70. The zero-order valence-electron chi connectivity index (χ0n) is 23.3. The van der Waals surface area contributed by atoms with Crippen molar-refractivity contribution >= 4 is 44.1 Å². The van der Waals surface area contributed by atoms with Crippen molar-refractivity contribution in [1.82, 2.24) is 19.7 Å². The van der Waals surface area contributed by atoms with E-state index in [0.717, 1.165) is 16.8 Å². The Morgan fingerprint density at radius 3 is 2.54 bits per heavy atom. The van der Waals surface area contributed by atoms with Crippen LogP contribution < -0.4 is 9.64 Å². The van der Waals surface area contributed by atoms with Gasteiger partial charge in [-0.1, -0.05) is 29.8 Å². The third-order valence-electron chi connectivity index (χ3n) is 8.07. The minimum Gasteiger partial charge on any atom is -0.497 e. The highest BCUT2D eigenvalue weighted by Crippen LogP contribution is 2.34. The maximum absolute atomic E-state index is 14.2. The van der Waals surface area contributed by atoms with Crippen LogP contribution in [0.15, 0.2) is 48.5 Å². The number of fused-ring (bicyclic) bond motifs is 1. The zero-order chi connectivity index (χ0) is 28.9. The van der Waals surface area contributed by atoms with Crippen LogP contribution in [0.1, 0.15) is 34.1 Å². The van der Waals surface area contributed by atoms with Crippen molar-refractivity contribution in [2.75, 3.05) is 49.7 Å². The number of amides is 1. The molecule has 1 amide bonds. The van der Waals surface area contributed by atoms with Crippen molar-refractivity contribution in [2.24, 2.45) is 0 Å². The predicted molar refractivity (Wildman–Crippen MR) is 161 cm³/mol. The van der Waals surface area contributed by atoms with Crippen LogP contribution >= 0.6 is 11.6 Å². The Balaban J connectivity index is 1.39. The topological polar surface area (TPSA) is 97.6 Å². The minimum absolute atomic E-state index is 0.0163. The van der Waals surface area contributed by atoms with E-state index in [0.29, 0.717) is 71.4 Å². The number of rotatable bonds is 5. The number of sulfone groups is 1. The highest BCUT2D eigenvalue weighted by molar-refractivity contribution is 7.91. The van der Waals surface area contributed by atoms with Gasteiger partial charge in [-0.15, -0.1) is 0 Å². The van der Waals surface area contributed by atoms with E-state index < -0.39 is 9.84 Å². The monoisotopic (exact) mass is 593 g/mol. The molecule has 9 nitrogen and oxygen atoms in total. The second-order valence-electron chi connectivity index (χ2n) is 10.8. The first kappa shape index (κ1) is 27.5. The van der Waals surface area contributed by atoms with E-state index in [1.54, 1.807) is 11.8 Å². The first-order chi connectivity index (χ1) is 19.6. The highest BCUT2D eigenvalue weighted by Gasteiger charge is 2.33. The lowest BCUT2D eigenvalue weighted by molar-refractivity contribution is 0.0748. The number of aromatic nitrogens is 3. The molecule has 2 saturated heterocycles. The van der Waals surface area contributed by atoms with Crippen molar-refractivity contribution in [3.63, 3.8) is 0 Å². The van der Waals surface area contributed by atoms with Crippen LogP contribution in [0.3, 0.4) is 0 Å². The second-order valence-corrected chi connectivity index (χ2v) is 13.4. The van der Waals surface area contributed by atoms with Gasteiger partial charge in [0.2, 0.25) is 0 Å². The summed E-state index contributed by atoms with van der Waals surface area (Å²) in [5, 5.41) is 6.09. The molecule has 4 aromatic rings. The van der Waals surface area contributed by atoms with E-state index >= 15 is 0 Å². The molecular weight excluding hydrogens is 562 g/mol. The van der Waals surface area contributed by atoms with Crippen LogP contribution in [0.25, 0.3) is 22.3 Å². The van der Waals surface area contributed by atoms with E-state index in [9.17, 15) is 13.2 Å². The third kappa shape index (κ3) is 5.26. The summed E-state index contributed by atoms with van der Waals surface area (Å²) in [4.78, 5) is 23.3. The van der Waals surface area contributed by atoms with Gasteiger partial charge in [-0.3, -0.25) is 4.79 Å². The van der Waals surface area contributed by atoms with E-state index in [2.05, 4.69) is 11.8 Å². The highest BCUT2D eigenvalue weighted by atomic mass is 35.5. The molecule has 4 heterocycles. The average molecular weight is 594 g/mol. The molecule has 0 saturated carbocycles. The van der Waals surface area contributed by atoms with Crippen LogP contribution in [-0.4, -0.2) is 78.8 Å². The lowest BCUT2D eigenvalue weighted by Crippen LogP contribution is -2.49. The Hall–Kier alpha value is -3.63. The molecule has 0 aliphatic carbocycles. The molecule has 2 aliphatic rings. The van der Waals surface area contributed by atoms with Gasteiger partial charge in [0.1, 0.15) is 5.75 Å². The van der Waals surface area contributed by atoms with Gasteiger partial charge in [0, 0.05) is 42.5 Å². The fourth-order valence-corrected chi connectivity index (χ4v) is 7.74. The van der Waals surface area contributed by atoms with E-state index in [-0.39, 0.29) is 23.5 Å². The van der Waals surface area contributed by atoms with E-state index in [1.165, 1.54) is 0 Å². The van der Waals surface area contributed by atoms with Gasteiger partial charge in [0.25, 0.3) is 5.91 Å². The van der Waals surface area contributed by atoms with Crippen molar-refractivity contribution in [1.29, 1.82) is 0 Å². The SMILES string of the molecule is COc1cccc(-c2cc(C(=O)N3CCN(c4cc(Cl)ccc4C)CC3)c3c(C)nn(C4CCS(=O)(=O)C4)c3n2)c1. The van der Waals surface area contributed by atoms with Crippen LogP contribution in [0.4, 0.5) is 5.69 Å². The quantitative estimate of drug-likeness (QED) is 0.331. The zero-order valence-corrected chi connectivity index (χ0v) is 24.9. The first-order valence-electron chi connectivity index (χ1n) is 13.7. The molecule has 1 unspecified atom stereocenters. The molecule has 2 aromatic heterocycles. The van der Waals surface area contributed by atoms with E-state index in [4.69, 9.17) is 26.4 Å². The summed E-state index contributed by atoms with van der Waals surface area (Å²) in [5.74, 6) is 0.722. The molecule has 11 heteroatoms. The Bertz CT molecular complexity index is 1760. The van der Waals surface area contributed by atoms with Crippen molar-refractivity contribution in [2.45, 2.75) is 26.3 Å². The summed E-state index contributed by atoms with van der Waals surface area (Å²) in [6.45, 7) is 6.39. The number of carbonyl (C=O) groups is 1. The number of carbonyl (C=O) groups excluding carboxylic acids is 1. The summed E-state index contributed by atoms with van der Waals surface area (Å²) in [6.07, 6.45) is 0.470. The first-order valence-corrected chi connectivity index (χ1v) is 15.9. The lowest BCUT2D eigenvalue weighted by atomic mass is 10.0. The summed E-state index contributed by atoms with van der Waals surface area (Å²) in [7, 11) is -1.54. The standard InChI is InChI=1S/C30H32ClN5O4S/c1-19-7-8-22(31)16-27(19)34-10-12-35(13-11-34)30(37)25-17-26(21-5-4-6-24(15-21)40-3)32-29-28(25)20(2)33-36(29)23-9-14-41(38,39)18-23/h4-8,15-17,23H,9-14,18H2,1-3H3. The molecule has 1 atom stereocenters. The van der Waals surface area contributed by atoms with Crippen LogP contribution in [0.2, 0.25) is 5.02 Å². The Morgan fingerprint density at radius 2 is 1.83 bits per heavy atom. The average Bonchev–Trinajstić information content (AvgIpc) is 3.51. The number of anilines is 1. The molecular formula is C30H32ClN5O4S. The van der Waals surface area contributed by atoms with Crippen LogP contribution in [-0.2, 0) is 9.84 Å². The van der Waals surface area contributed by atoms with Gasteiger partial charge in [0.05, 0.1) is 47.0 Å². The summed E-state index contributed by atoms with van der Waals surface area (Å²) in [5.41, 5.74) is 5.34. The number of benzene rings is 2. The van der Waals surface area contributed by atoms with Gasteiger partial charge >= 0.3 is 0 Å². The molecule has 0 radical (unpaired) electrons. The molecule has 2 fully saturated rings. The molecule has 2 aliphatic heterocycles. The largest absolute Gasteiger partial charge is 0.497 e. The molecule has 6 rings (SSSR count). The van der Waals surface area contributed by atoms with Crippen molar-refractivity contribution < 1.29 is 17.9 Å². The van der Waals surface area contributed by atoms with Crippen molar-refractivity contribution in [3.05, 3.63) is 70.4 Å². The van der Waals surface area contributed by atoms with Gasteiger partial charge in [0.15, 0.2) is 15.5 Å². The Kier molecular flexibility index (Phi) is 7.15. The van der Waals surface area contributed by atoms with Gasteiger partial charge in [-0.05, 0) is 56.2 Å². The number of piperazine rings is 1. The number of pyridine rings is 1. The molecule has 0 spiro atoms. The fourth-order valence-electron chi connectivity index (χ4n) is 5.88. The molecule has 214 valence electrons. The number of methoxy groups -OCH3 is 1. The molecule has 41 heavy (non-hydrogen) atoms. The number of aryl methyl sites for hydroxylation is 2. The maximum Gasteiger partial charge on any atom is 0.254 e. The molecule has 0 bridgehead atoms. The summed E-state index contributed by atoms with van der Waals surface area (Å²) in [6, 6.07) is 14.9. The number of ether oxygens (including phenoxy) is 1. The number of halogens is 1. The van der Waals surface area contributed by atoms with Crippen LogP contribution in [0.5, 0.6) is 5.75 Å². The number of nitrogens with zero attached hydrogens (tertiary/aromatic N) is 5.